The lowest BCUT2D eigenvalue weighted by atomic mass is 10.0. The maximum Gasteiger partial charge on any atom is 0.336 e. The van der Waals surface area contributed by atoms with E-state index in [2.05, 4.69) is 35.0 Å². The van der Waals surface area contributed by atoms with Gasteiger partial charge in [0.05, 0.1) is 6.54 Å². The highest BCUT2D eigenvalue weighted by atomic mass is 16.4. The van der Waals surface area contributed by atoms with Crippen LogP contribution in [0.5, 0.6) is 0 Å². The van der Waals surface area contributed by atoms with Crippen molar-refractivity contribution < 1.29 is 9.21 Å². The Labute approximate surface area is 160 Å². The molecule has 2 aromatic rings. The maximum absolute atomic E-state index is 11.9. The molecule has 1 aromatic heterocycles. The zero-order chi connectivity index (χ0) is 19.2. The Kier molecular flexibility index (Phi) is 6.63. The summed E-state index contributed by atoms with van der Waals surface area (Å²) in [6.45, 7) is 9.59. The number of hydrogen-bond acceptors (Lipinski definition) is 5. The monoisotopic (exact) mass is 371 g/mol. The van der Waals surface area contributed by atoms with E-state index in [0.717, 1.165) is 63.1 Å². The van der Waals surface area contributed by atoms with Gasteiger partial charge >= 0.3 is 5.63 Å². The highest BCUT2D eigenvalue weighted by Crippen LogP contribution is 2.21. The Morgan fingerprint density at radius 1 is 1.11 bits per heavy atom. The van der Waals surface area contributed by atoms with Gasteiger partial charge in [-0.1, -0.05) is 19.9 Å². The van der Waals surface area contributed by atoms with Gasteiger partial charge in [-0.25, -0.2) is 4.79 Å². The summed E-state index contributed by atoms with van der Waals surface area (Å²) in [6.07, 6.45) is 1.91. The Hall–Kier alpha value is -2.18. The van der Waals surface area contributed by atoms with Gasteiger partial charge in [0.15, 0.2) is 0 Å². The van der Waals surface area contributed by atoms with Crippen molar-refractivity contribution in [2.45, 2.75) is 33.2 Å². The van der Waals surface area contributed by atoms with Gasteiger partial charge in [0.1, 0.15) is 5.58 Å². The van der Waals surface area contributed by atoms with E-state index in [-0.39, 0.29) is 11.5 Å². The minimum Gasteiger partial charge on any atom is -0.423 e. The summed E-state index contributed by atoms with van der Waals surface area (Å²) in [5.41, 5.74) is 2.61. The fourth-order valence-electron chi connectivity index (χ4n) is 3.50. The van der Waals surface area contributed by atoms with E-state index >= 15 is 0 Å². The molecule has 146 valence electrons. The van der Waals surface area contributed by atoms with Crippen LogP contribution in [0.2, 0.25) is 0 Å². The Balaban J connectivity index is 1.63. The highest BCUT2D eigenvalue weighted by Gasteiger charge is 2.20. The normalized spacial score (nSPS) is 15.9. The van der Waals surface area contributed by atoms with Crippen molar-refractivity contribution in [1.29, 1.82) is 0 Å². The highest BCUT2D eigenvalue weighted by molar-refractivity contribution is 5.81. The Bertz CT molecular complexity index is 838. The van der Waals surface area contributed by atoms with Crippen LogP contribution in [0.1, 0.15) is 31.4 Å². The fraction of sp³-hybridized carbons (Fsp3) is 0.524. The van der Waals surface area contributed by atoms with E-state index in [0.29, 0.717) is 12.1 Å². The summed E-state index contributed by atoms with van der Waals surface area (Å²) in [5.74, 6) is 0.101. The van der Waals surface area contributed by atoms with Crippen LogP contribution in [0.15, 0.2) is 33.5 Å². The number of carbonyl (C=O) groups is 1. The van der Waals surface area contributed by atoms with Crippen molar-refractivity contribution in [3.8, 4) is 0 Å². The van der Waals surface area contributed by atoms with Crippen molar-refractivity contribution in [3.05, 3.63) is 45.8 Å². The molecule has 1 aliphatic rings. The van der Waals surface area contributed by atoms with E-state index in [1.807, 2.05) is 12.1 Å². The number of nitrogens with one attached hydrogen (secondary N) is 1. The lowest BCUT2D eigenvalue weighted by Gasteiger charge is -2.34. The molecular formula is C21H29N3O3. The van der Waals surface area contributed by atoms with Gasteiger partial charge in [0.2, 0.25) is 5.91 Å². The molecule has 0 radical (unpaired) electrons. The molecular weight excluding hydrogens is 342 g/mol. The smallest absolute Gasteiger partial charge is 0.336 e. The molecule has 6 nitrogen and oxygen atoms in total. The van der Waals surface area contributed by atoms with Crippen LogP contribution in [0.4, 0.5) is 0 Å². The number of benzene rings is 1. The summed E-state index contributed by atoms with van der Waals surface area (Å²) in [4.78, 5) is 28.3. The first-order chi connectivity index (χ1) is 13.1. The standard InChI is InChI=1S/C21H29N3O3/c1-3-7-22-20(25)15-24-10-8-23(9-11-24)14-17-13-21(26)27-19-6-5-16(4-2)12-18(17)19/h5-6,12-13H,3-4,7-11,14-15H2,1-2H3,(H,22,25). The van der Waals surface area contributed by atoms with E-state index < -0.39 is 0 Å². The topological polar surface area (TPSA) is 65.8 Å². The zero-order valence-corrected chi connectivity index (χ0v) is 16.3. The number of aryl methyl sites for hydroxylation is 1. The largest absolute Gasteiger partial charge is 0.423 e. The predicted molar refractivity (Wildman–Crippen MR) is 107 cm³/mol. The van der Waals surface area contributed by atoms with Crippen molar-refractivity contribution in [1.82, 2.24) is 15.1 Å². The molecule has 1 N–H and O–H groups in total. The molecule has 2 heterocycles. The van der Waals surface area contributed by atoms with Gasteiger partial charge in [-0.2, -0.15) is 0 Å². The molecule has 0 unspecified atom stereocenters. The minimum absolute atomic E-state index is 0.101. The fourth-order valence-corrected chi connectivity index (χ4v) is 3.50. The molecule has 0 spiro atoms. The van der Waals surface area contributed by atoms with Crippen LogP contribution in [0, 0.1) is 0 Å². The van der Waals surface area contributed by atoms with Crippen LogP contribution < -0.4 is 10.9 Å². The molecule has 1 amide bonds. The lowest BCUT2D eigenvalue weighted by molar-refractivity contribution is -0.122. The summed E-state index contributed by atoms with van der Waals surface area (Å²) in [5, 5.41) is 3.95. The van der Waals surface area contributed by atoms with Gasteiger partial charge in [-0.15, -0.1) is 0 Å². The number of fused-ring (bicyclic) bond motifs is 1. The van der Waals surface area contributed by atoms with Gasteiger partial charge in [-0.3, -0.25) is 14.6 Å². The first-order valence-electron chi connectivity index (χ1n) is 9.86. The van der Waals surface area contributed by atoms with Crippen molar-refractivity contribution >= 4 is 16.9 Å². The molecule has 0 saturated carbocycles. The molecule has 1 aromatic carbocycles. The number of amides is 1. The average Bonchev–Trinajstić information content (AvgIpc) is 2.67. The van der Waals surface area contributed by atoms with Crippen LogP contribution >= 0.6 is 0 Å². The Morgan fingerprint density at radius 3 is 2.56 bits per heavy atom. The van der Waals surface area contributed by atoms with Crippen molar-refractivity contribution in [2.24, 2.45) is 0 Å². The molecule has 0 bridgehead atoms. The third-order valence-corrected chi connectivity index (χ3v) is 5.10. The predicted octanol–water partition coefficient (Wildman–Crippen LogP) is 2.00. The number of nitrogens with zero attached hydrogens (tertiary/aromatic N) is 2. The number of piperazine rings is 1. The number of rotatable bonds is 7. The SMILES string of the molecule is CCCNC(=O)CN1CCN(Cc2cc(=O)oc3ccc(CC)cc23)CC1. The van der Waals surface area contributed by atoms with Gasteiger partial charge in [0.25, 0.3) is 0 Å². The van der Waals surface area contributed by atoms with Crippen LogP contribution in [-0.4, -0.2) is 55.0 Å². The van der Waals surface area contributed by atoms with Gasteiger partial charge < -0.3 is 9.73 Å². The number of carbonyl (C=O) groups excluding carboxylic acids is 1. The Morgan fingerprint density at radius 2 is 1.85 bits per heavy atom. The van der Waals surface area contributed by atoms with Gasteiger partial charge in [-0.05, 0) is 36.1 Å². The summed E-state index contributed by atoms with van der Waals surface area (Å²) in [7, 11) is 0. The molecule has 0 atom stereocenters. The molecule has 1 aliphatic heterocycles. The maximum atomic E-state index is 11.9. The van der Waals surface area contributed by atoms with E-state index in [9.17, 15) is 9.59 Å². The number of hydrogen-bond donors (Lipinski definition) is 1. The summed E-state index contributed by atoms with van der Waals surface area (Å²) < 4.78 is 5.36. The third-order valence-electron chi connectivity index (χ3n) is 5.10. The van der Waals surface area contributed by atoms with E-state index in [1.165, 1.54) is 5.56 Å². The molecule has 0 aliphatic carbocycles. The summed E-state index contributed by atoms with van der Waals surface area (Å²) >= 11 is 0. The van der Waals surface area contributed by atoms with E-state index in [1.54, 1.807) is 6.07 Å². The van der Waals surface area contributed by atoms with Crippen LogP contribution in [-0.2, 0) is 17.8 Å². The first-order valence-corrected chi connectivity index (χ1v) is 9.86. The van der Waals surface area contributed by atoms with Crippen LogP contribution in [0.3, 0.4) is 0 Å². The van der Waals surface area contributed by atoms with Gasteiger partial charge in [0, 0.05) is 50.7 Å². The molecule has 3 rings (SSSR count). The van der Waals surface area contributed by atoms with Crippen LogP contribution in [0.25, 0.3) is 11.0 Å². The van der Waals surface area contributed by atoms with Crippen molar-refractivity contribution in [2.75, 3.05) is 39.3 Å². The zero-order valence-electron chi connectivity index (χ0n) is 16.3. The quantitative estimate of drug-likeness (QED) is 0.754. The second-order valence-corrected chi connectivity index (χ2v) is 7.18. The van der Waals surface area contributed by atoms with Crippen molar-refractivity contribution in [3.63, 3.8) is 0 Å². The lowest BCUT2D eigenvalue weighted by Crippen LogP contribution is -2.49. The summed E-state index contributed by atoms with van der Waals surface area (Å²) in [6, 6.07) is 7.65. The molecule has 27 heavy (non-hydrogen) atoms. The minimum atomic E-state index is -0.298. The molecule has 1 saturated heterocycles. The van der Waals surface area contributed by atoms with E-state index in [4.69, 9.17) is 4.42 Å². The second-order valence-electron chi connectivity index (χ2n) is 7.18. The average molecular weight is 371 g/mol. The molecule has 6 heteroatoms. The first kappa shape index (κ1) is 19.6. The molecule has 1 fully saturated rings. The second kappa shape index (κ2) is 9.15. The third kappa shape index (κ3) is 5.17.